The number of carbonyl (C=O) groups is 1. The largest absolute Gasteiger partial charge is 0.489 e. The molecule has 5 heterocycles. The van der Waals surface area contributed by atoms with E-state index < -0.39 is 32.6 Å². The number of amides is 1. The average Bonchev–Trinajstić information content (AvgIpc) is 3.74. The summed E-state index contributed by atoms with van der Waals surface area (Å²) in [7, 11) is -3.21. The molecule has 2 N–H and O–H groups in total. The average molecular weight is 928 g/mol. The summed E-state index contributed by atoms with van der Waals surface area (Å²) in [6.45, 7) is 8.55. The van der Waals surface area contributed by atoms with Gasteiger partial charge >= 0.3 is 0 Å². The van der Waals surface area contributed by atoms with Crippen LogP contribution in [0.1, 0.15) is 51.4 Å². The van der Waals surface area contributed by atoms with Gasteiger partial charge in [0.15, 0.2) is 5.82 Å². The summed E-state index contributed by atoms with van der Waals surface area (Å²) in [5, 5.41) is 14.0. The van der Waals surface area contributed by atoms with Gasteiger partial charge in [-0.1, -0.05) is 23.7 Å². The Labute approximate surface area is 375 Å². The number of thiophene rings is 1. The molecule has 1 atom stereocenters. The number of halogens is 3. The predicted octanol–water partition coefficient (Wildman–Crippen LogP) is 7.80. The highest BCUT2D eigenvalue weighted by Gasteiger charge is 2.32. The van der Waals surface area contributed by atoms with E-state index in [1.165, 1.54) is 25.7 Å². The van der Waals surface area contributed by atoms with Crippen LogP contribution >= 0.6 is 22.9 Å². The molecule has 8 rings (SSSR count). The number of hydrogen-bond donors (Lipinski definition) is 2. The molecule has 7 aromatic rings. The molecule has 0 aliphatic carbocycles. The van der Waals surface area contributed by atoms with Crippen molar-refractivity contribution in [3.8, 4) is 27.8 Å². The molecule has 0 bridgehead atoms. The number of aryl methyl sites for hydroxylation is 3. The number of hydrogen-bond acceptors (Lipinski definition) is 13. The first-order valence-electron chi connectivity index (χ1n) is 19.8. The zero-order valence-corrected chi connectivity index (χ0v) is 37.5. The molecule has 0 saturated heterocycles. The van der Waals surface area contributed by atoms with Crippen molar-refractivity contribution in [1.29, 1.82) is 0 Å². The molecule has 330 valence electrons. The number of aliphatic imine (C=N–C) groups is 1. The van der Waals surface area contributed by atoms with Gasteiger partial charge in [0.2, 0.25) is 11.8 Å². The maximum Gasteiger partial charge on any atom is 0.264 e. The number of benzene rings is 3. The van der Waals surface area contributed by atoms with E-state index in [4.69, 9.17) is 30.8 Å². The third-order valence-electron chi connectivity index (χ3n) is 10.5. The maximum absolute atomic E-state index is 14.5. The van der Waals surface area contributed by atoms with Crippen molar-refractivity contribution in [2.75, 3.05) is 38.2 Å². The van der Waals surface area contributed by atoms with Crippen molar-refractivity contribution in [3.05, 3.63) is 129 Å². The van der Waals surface area contributed by atoms with Gasteiger partial charge in [0.25, 0.3) is 10.0 Å². The van der Waals surface area contributed by atoms with Crippen LogP contribution in [0, 0.1) is 39.3 Å². The molecule has 20 heteroatoms. The van der Waals surface area contributed by atoms with E-state index in [1.54, 1.807) is 17.4 Å². The number of nitrogens with zero attached hydrogens (tertiary/aromatic N) is 7. The van der Waals surface area contributed by atoms with Gasteiger partial charge in [-0.25, -0.2) is 32.2 Å². The van der Waals surface area contributed by atoms with Gasteiger partial charge in [-0.15, -0.1) is 21.5 Å². The van der Waals surface area contributed by atoms with Crippen molar-refractivity contribution >= 4 is 61.2 Å². The van der Waals surface area contributed by atoms with E-state index in [-0.39, 0.29) is 50.3 Å². The van der Waals surface area contributed by atoms with E-state index in [0.29, 0.717) is 56.2 Å². The second kappa shape index (κ2) is 18.4. The molecule has 15 nitrogen and oxygen atoms in total. The van der Waals surface area contributed by atoms with Crippen LogP contribution in [0.25, 0.3) is 27.0 Å². The topological polar surface area (TPSA) is 185 Å². The Morgan fingerprint density at radius 1 is 0.922 bits per heavy atom. The fourth-order valence-electron chi connectivity index (χ4n) is 7.23. The number of pyridine rings is 1. The van der Waals surface area contributed by atoms with Crippen LogP contribution in [0.4, 0.5) is 14.5 Å². The number of methoxy groups -OCH3 is 1. The monoisotopic (exact) mass is 927 g/mol. The number of aromatic nitrogens is 6. The Morgan fingerprint density at radius 2 is 1.72 bits per heavy atom. The fourth-order valence-corrected chi connectivity index (χ4v) is 9.68. The number of nitrogens with one attached hydrogen (secondary N) is 2. The highest BCUT2D eigenvalue weighted by molar-refractivity contribution is 7.92. The lowest BCUT2D eigenvalue weighted by atomic mass is 9.99. The minimum absolute atomic E-state index is 0.0277. The zero-order chi connectivity index (χ0) is 45.3. The molecule has 1 aliphatic rings. The van der Waals surface area contributed by atoms with Crippen LogP contribution in [-0.4, -0.2) is 83.2 Å². The van der Waals surface area contributed by atoms with Crippen molar-refractivity contribution in [2.24, 2.45) is 4.99 Å². The first-order valence-corrected chi connectivity index (χ1v) is 22.5. The number of rotatable bonds is 15. The van der Waals surface area contributed by atoms with Crippen LogP contribution in [0.5, 0.6) is 11.6 Å². The molecular weight excluding hydrogens is 888 g/mol. The van der Waals surface area contributed by atoms with Crippen molar-refractivity contribution in [3.63, 3.8) is 0 Å². The zero-order valence-electron chi connectivity index (χ0n) is 35.1. The Balaban J connectivity index is 0.921. The highest BCUT2D eigenvalue weighted by Crippen LogP contribution is 2.40. The fraction of sp³-hybridized carbons (Fsp3) is 0.250. The maximum atomic E-state index is 14.5. The molecule has 0 unspecified atom stereocenters. The van der Waals surface area contributed by atoms with Gasteiger partial charge in [0.05, 0.1) is 32.5 Å². The van der Waals surface area contributed by atoms with Crippen LogP contribution in [0.3, 0.4) is 0 Å². The Hall–Kier alpha value is -6.41. The third kappa shape index (κ3) is 9.01. The summed E-state index contributed by atoms with van der Waals surface area (Å²) in [5.41, 5.74) is 5.83. The van der Waals surface area contributed by atoms with E-state index in [9.17, 15) is 22.0 Å². The molecule has 0 saturated carbocycles. The SMILES string of the molecule is COc1ncc(-c2cc(OCCOCCNC(=O)C[C@@H]3N=C(c4ccc(Cl)cc4)c4c(sc(C)c4C)-n4c(C)nnc43)c3ncnc(C)c3c2)cc1NS(=O)(=O)c1ccc(F)cc1F. The standard InChI is InChI=1S/C44H40ClF2N9O6S2/c1-23-25(3)63-44-39(23)40(27-6-8-30(45)9-7-27)52-34(42-54-53-26(4)56(42)44)20-38(57)48-12-13-61-14-15-62-36-18-28(16-32-24(2)50-22-51-41(32)36)29-17-35(43(60-5)49-21-29)55-64(58,59)37-11-10-31(46)19-33(37)47/h6-11,16-19,21-22,34,55H,12-15,20H2,1-5H3,(H,48,57)/t34-/m0/s1. The second-order valence-electron chi connectivity index (χ2n) is 14.7. The number of anilines is 1. The number of fused-ring (bicyclic) bond motifs is 4. The molecule has 0 spiro atoms. The van der Waals surface area contributed by atoms with Crippen LogP contribution in [0.2, 0.25) is 5.02 Å². The predicted molar refractivity (Wildman–Crippen MR) is 238 cm³/mol. The normalized spacial score (nSPS) is 13.5. The van der Waals surface area contributed by atoms with Gasteiger partial charge in [0.1, 0.15) is 63.3 Å². The number of sulfonamides is 1. The van der Waals surface area contributed by atoms with Crippen molar-refractivity contribution < 1.29 is 36.2 Å². The summed E-state index contributed by atoms with van der Waals surface area (Å²) >= 11 is 7.88. The molecule has 1 amide bonds. The lowest BCUT2D eigenvalue weighted by molar-refractivity contribution is -0.121. The molecule has 3 aromatic carbocycles. The Morgan fingerprint density at radius 3 is 2.48 bits per heavy atom. The molecule has 64 heavy (non-hydrogen) atoms. The molecular formula is C44H40ClF2N9O6S2. The summed E-state index contributed by atoms with van der Waals surface area (Å²) in [6, 6.07) is 14.0. The van der Waals surface area contributed by atoms with Crippen LogP contribution < -0.4 is 19.5 Å². The third-order valence-corrected chi connectivity index (χ3v) is 13.3. The first-order chi connectivity index (χ1) is 30.7. The van der Waals surface area contributed by atoms with Crippen molar-refractivity contribution in [2.45, 2.75) is 45.1 Å². The minimum atomic E-state index is -4.52. The van der Waals surface area contributed by atoms with E-state index >= 15 is 0 Å². The number of ether oxygens (including phenoxy) is 3. The highest BCUT2D eigenvalue weighted by atomic mass is 35.5. The summed E-state index contributed by atoms with van der Waals surface area (Å²) in [4.78, 5) is 32.0. The Kier molecular flexibility index (Phi) is 12.7. The van der Waals surface area contributed by atoms with E-state index in [2.05, 4.69) is 49.0 Å². The Bertz CT molecular complexity index is 3070. The summed E-state index contributed by atoms with van der Waals surface area (Å²) < 4.78 is 76.0. The van der Waals surface area contributed by atoms with Crippen LogP contribution in [-0.2, 0) is 19.6 Å². The van der Waals surface area contributed by atoms with Gasteiger partial charge in [-0.3, -0.25) is 19.1 Å². The van der Waals surface area contributed by atoms with Crippen molar-refractivity contribution in [1.82, 2.24) is 35.0 Å². The van der Waals surface area contributed by atoms with Gasteiger partial charge in [0, 0.05) is 56.5 Å². The second-order valence-corrected chi connectivity index (χ2v) is 18.0. The van der Waals surface area contributed by atoms with Gasteiger partial charge in [-0.2, -0.15) is 0 Å². The smallest absolute Gasteiger partial charge is 0.264 e. The van der Waals surface area contributed by atoms with E-state index in [1.807, 2.05) is 48.7 Å². The molecule has 0 radical (unpaired) electrons. The molecule has 1 aliphatic heterocycles. The van der Waals surface area contributed by atoms with Crippen LogP contribution in [0.15, 0.2) is 83.1 Å². The van der Waals surface area contributed by atoms with Gasteiger partial charge < -0.3 is 19.5 Å². The molecule has 0 fully saturated rings. The summed E-state index contributed by atoms with van der Waals surface area (Å²) in [5.74, 6) is -0.825. The minimum Gasteiger partial charge on any atom is -0.489 e. The summed E-state index contributed by atoms with van der Waals surface area (Å²) in [6.07, 6.45) is 2.93. The molecule has 4 aromatic heterocycles. The lowest BCUT2D eigenvalue weighted by Crippen LogP contribution is -2.29. The quantitative estimate of drug-likeness (QED) is 0.0957. The lowest BCUT2D eigenvalue weighted by Gasteiger charge is -2.15. The van der Waals surface area contributed by atoms with Gasteiger partial charge in [-0.05, 0) is 81.3 Å². The van der Waals surface area contributed by atoms with E-state index in [0.717, 1.165) is 44.4 Å². The number of carbonyl (C=O) groups excluding carboxylic acids is 1. The first kappa shape index (κ1) is 44.2.